The molecule has 2 aromatic rings. The van der Waals surface area contributed by atoms with Crippen molar-refractivity contribution in [2.45, 2.75) is 39.3 Å². The smallest absolute Gasteiger partial charge is 0.242 e. The summed E-state index contributed by atoms with van der Waals surface area (Å²) in [6.45, 7) is 6.56. The number of hydrogen-bond acceptors (Lipinski definition) is 2. The molecule has 1 fully saturated rings. The van der Waals surface area contributed by atoms with E-state index in [1.54, 1.807) is 0 Å². The van der Waals surface area contributed by atoms with Crippen molar-refractivity contribution in [3.05, 3.63) is 35.0 Å². The van der Waals surface area contributed by atoms with Gasteiger partial charge in [-0.3, -0.25) is 4.79 Å². The predicted molar refractivity (Wildman–Crippen MR) is 92.5 cm³/mol. The van der Waals surface area contributed by atoms with Crippen molar-refractivity contribution in [1.82, 2.24) is 14.4 Å². The van der Waals surface area contributed by atoms with Gasteiger partial charge in [0.05, 0.1) is 0 Å². The van der Waals surface area contributed by atoms with Gasteiger partial charge in [-0.2, -0.15) is 0 Å². The molecule has 1 amide bonds. The second kappa shape index (κ2) is 5.68. The topological polar surface area (TPSA) is 28.5 Å². The first kappa shape index (κ1) is 14.8. The van der Waals surface area contributed by atoms with E-state index in [4.69, 9.17) is 0 Å². The Morgan fingerprint density at radius 2 is 1.96 bits per heavy atom. The number of aryl methyl sites for hydroxylation is 1. The van der Waals surface area contributed by atoms with Crippen LogP contribution in [0.15, 0.2) is 18.2 Å². The Balaban J connectivity index is 1.77. The molecule has 0 radical (unpaired) electrons. The van der Waals surface area contributed by atoms with E-state index >= 15 is 0 Å². The minimum atomic E-state index is 0.279. The van der Waals surface area contributed by atoms with Crippen LogP contribution in [-0.4, -0.2) is 47.0 Å². The average molecular weight is 311 g/mol. The molecular formula is C19H25N3O. The molecule has 122 valence electrons. The molecule has 0 N–H and O–H groups in total. The highest BCUT2D eigenvalue weighted by Crippen LogP contribution is 2.31. The summed E-state index contributed by atoms with van der Waals surface area (Å²) in [5, 5.41) is 1.33. The Labute approximate surface area is 137 Å². The van der Waals surface area contributed by atoms with Crippen molar-refractivity contribution in [2.75, 3.05) is 26.7 Å². The summed E-state index contributed by atoms with van der Waals surface area (Å²) in [6.07, 6.45) is 3.34. The second-order valence-electron chi connectivity index (χ2n) is 7.11. The lowest BCUT2D eigenvalue weighted by atomic mass is 10.0. The van der Waals surface area contributed by atoms with Crippen LogP contribution in [0.3, 0.4) is 0 Å². The quantitative estimate of drug-likeness (QED) is 0.853. The number of likely N-dealkylation sites (N-methyl/N-ethyl adjacent to an activating group) is 1. The van der Waals surface area contributed by atoms with Crippen LogP contribution in [0.2, 0.25) is 0 Å². The molecule has 0 saturated carbocycles. The average Bonchev–Trinajstić information content (AvgIpc) is 3.15. The minimum absolute atomic E-state index is 0.279. The van der Waals surface area contributed by atoms with Crippen molar-refractivity contribution in [2.24, 2.45) is 0 Å². The first-order valence-corrected chi connectivity index (χ1v) is 8.70. The molecule has 0 bridgehead atoms. The molecule has 4 nitrogen and oxygen atoms in total. The van der Waals surface area contributed by atoms with E-state index in [0.29, 0.717) is 6.54 Å². The number of carbonyl (C=O) groups is 1. The van der Waals surface area contributed by atoms with E-state index in [1.807, 2.05) is 4.90 Å². The Bertz CT molecular complexity index is 756. The Kier molecular flexibility index (Phi) is 3.64. The number of rotatable bonds is 2. The number of amides is 1. The van der Waals surface area contributed by atoms with Crippen molar-refractivity contribution in [1.29, 1.82) is 0 Å². The lowest BCUT2D eigenvalue weighted by Gasteiger charge is -2.24. The van der Waals surface area contributed by atoms with Gasteiger partial charge in [0.2, 0.25) is 5.91 Å². The Morgan fingerprint density at radius 1 is 1.17 bits per heavy atom. The molecule has 3 heterocycles. The molecule has 2 aliphatic heterocycles. The van der Waals surface area contributed by atoms with Crippen LogP contribution >= 0.6 is 0 Å². The van der Waals surface area contributed by atoms with Crippen molar-refractivity contribution in [3.8, 4) is 0 Å². The van der Waals surface area contributed by atoms with Crippen LogP contribution in [-0.2, 0) is 24.3 Å². The van der Waals surface area contributed by atoms with Gasteiger partial charge in [0.15, 0.2) is 0 Å². The first-order valence-electron chi connectivity index (χ1n) is 8.70. The number of nitrogens with zero attached hydrogens (tertiary/aromatic N) is 3. The number of likely N-dealkylation sites (tertiary alicyclic amines) is 1. The summed E-state index contributed by atoms with van der Waals surface area (Å²) in [6, 6.07) is 6.64. The largest absolute Gasteiger partial charge is 0.341 e. The Hall–Kier alpha value is -1.81. The fourth-order valence-electron chi connectivity index (χ4n) is 4.08. The third kappa shape index (κ3) is 2.55. The van der Waals surface area contributed by atoms with Gasteiger partial charge in [0.1, 0.15) is 6.54 Å². The van der Waals surface area contributed by atoms with Gasteiger partial charge in [-0.1, -0.05) is 11.6 Å². The highest BCUT2D eigenvalue weighted by Gasteiger charge is 2.25. The molecule has 0 spiro atoms. The summed E-state index contributed by atoms with van der Waals surface area (Å²) in [5.74, 6) is 0.279. The molecule has 1 aromatic heterocycles. The van der Waals surface area contributed by atoms with Gasteiger partial charge in [-0.05, 0) is 44.5 Å². The van der Waals surface area contributed by atoms with Gasteiger partial charge in [-0.25, -0.2) is 0 Å². The lowest BCUT2D eigenvalue weighted by molar-refractivity contribution is -0.130. The molecule has 1 saturated heterocycles. The SMILES string of the molecule is Cc1ccc2c(c1)c1c(n2CC(=O)N2CCCC2)CCN(C)C1. The maximum Gasteiger partial charge on any atom is 0.242 e. The third-order valence-corrected chi connectivity index (χ3v) is 5.35. The monoisotopic (exact) mass is 311 g/mol. The standard InChI is InChI=1S/C19H25N3O/c1-14-5-6-17-15(11-14)16-12-20(2)10-7-18(16)22(17)13-19(23)21-8-3-4-9-21/h5-6,11H,3-4,7-10,12-13H2,1-2H3. The summed E-state index contributed by atoms with van der Waals surface area (Å²) in [7, 11) is 2.18. The molecule has 4 heteroatoms. The van der Waals surface area contributed by atoms with Crippen LogP contribution in [0.1, 0.15) is 29.7 Å². The van der Waals surface area contributed by atoms with Gasteiger partial charge < -0.3 is 14.4 Å². The van der Waals surface area contributed by atoms with E-state index in [0.717, 1.165) is 45.4 Å². The number of fused-ring (bicyclic) bond motifs is 3. The number of carbonyl (C=O) groups excluding carboxylic acids is 1. The second-order valence-corrected chi connectivity index (χ2v) is 7.11. The van der Waals surface area contributed by atoms with Crippen molar-refractivity contribution >= 4 is 16.8 Å². The van der Waals surface area contributed by atoms with Crippen LogP contribution in [0, 0.1) is 6.92 Å². The summed E-state index contributed by atoms with van der Waals surface area (Å²) in [4.78, 5) is 17.1. The van der Waals surface area contributed by atoms with E-state index < -0.39 is 0 Å². The highest BCUT2D eigenvalue weighted by molar-refractivity contribution is 5.88. The molecule has 2 aliphatic rings. The van der Waals surface area contributed by atoms with E-state index in [1.165, 1.54) is 27.7 Å². The zero-order chi connectivity index (χ0) is 16.0. The van der Waals surface area contributed by atoms with E-state index in [2.05, 4.69) is 41.6 Å². The highest BCUT2D eigenvalue weighted by atomic mass is 16.2. The number of hydrogen-bond donors (Lipinski definition) is 0. The first-order chi connectivity index (χ1) is 11.1. The Morgan fingerprint density at radius 3 is 2.74 bits per heavy atom. The van der Waals surface area contributed by atoms with Crippen LogP contribution in [0.25, 0.3) is 10.9 Å². The van der Waals surface area contributed by atoms with Gasteiger partial charge in [-0.15, -0.1) is 0 Å². The molecular weight excluding hydrogens is 286 g/mol. The maximum absolute atomic E-state index is 12.7. The fourth-order valence-corrected chi connectivity index (χ4v) is 4.08. The van der Waals surface area contributed by atoms with E-state index in [-0.39, 0.29) is 5.91 Å². The zero-order valence-corrected chi connectivity index (χ0v) is 14.1. The molecule has 0 atom stereocenters. The molecule has 4 rings (SSSR count). The number of benzene rings is 1. The fraction of sp³-hybridized carbons (Fsp3) is 0.526. The third-order valence-electron chi connectivity index (χ3n) is 5.35. The van der Waals surface area contributed by atoms with Gasteiger partial charge in [0, 0.05) is 49.2 Å². The summed E-state index contributed by atoms with van der Waals surface area (Å²) in [5.41, 5.74) is 5.31. The van der Waals surface area contributed by atoms with E-state index in [9.17, 15) is 4.79 Å². The lowest BCUT2D eigenvalue weighted by Crippen LogP contribution is -2.33. The minimum Gasteiger partial charge on any atom is -0.341 e. The summed E-state index contributed by atoms with van der Waals surface area (Å²) < 4.78 is 2.29. The van der Waals surface area contributed by atoms with Crippen LogP contribution in [0.4, 0.5) is 0 Å². The van der Waals surface area contributed by atoms with Gasteiger partial charge >= 0.3 is 0 Å². The normalized spacial score (nSPS) is 18.6. The summed E-state index contributed by atoms with van der Waals surface area (Å²) >= 11 is 0. The van der Waals surface area contributed by atoms with Crippen molar-refractivity contribution < 1.29 is 4.79 Å². The van der Waals surface area contributed by atoms with Crippen molar-refractivity contribution in [3.63, 3.8) is 0 Å². The molecule has 23 heavy (non-hydrogen) atoms. The molecule has 1 aromatic carbocycles. The predicted octanol–water partition coefficient (Wildman–Crippen LogP) is 2.56. The molecule has 0 unspecified atom stereocenters. The van der Waals surface area contributed by atoms with Crippen LogP contribution in [0.5, 0.6) is 0 Å². The maximum atomic E-state index is 12.7. The number of aromatic nitrogens is 1. The van der Waals surface area contributed by atoms with Gasteiger partial charge in [0.25, 0.3) is 0 Å². The van der Waals surface area contributed by atoms with Crippen LogP contribution < -0.4 is 0 Å². The molecule has 0 aliphatic carbocycles. The zero-order valence-electron chi connectivity index (χ0n) is 14.1.